The summed E-state index contributed by atoms with van der Waals surface area (Å²) in [5.74, 6) is 0.387. The molecular formula is C9H16N2O3S. The minimum absolute atomic E-state index is 0.0239. The number of nitrogens with zero attached hydrogens (tertiary/aromatic N) is 1. The van der Waals surface area contributed by atoms with Crippen molar-refractivity contribution in [2.75, 3.05) is 18.1 Å². The van der Waals surface area contributed by atoms with E-state index in [1.165, 1.54) is 0 Å². The molecule has 2 aliphatic rings. The van der Waals surface area contributed by atoms with Crippen LogP contribution in [0.4, 0.5) is 0 Å². The Hall–Kier alpha value is -0.620. The van der Waals surface area contributed by atoms with Gasteiger partial charge in [-0.2, -0.15) is 0 Å². The lowest BCUT2D eigenvalue weighted by molar-refractivity contribution is -0.129. The lowest BCUT2D eigenvalue weighted by Gasteiger charge is -2.28. The molecule has 5 nitrogen and oxygen atoms in total. The average Bonchev–Trinajstić information content (AvgIpc) is 2.69. The lowest BCUT2D eigenvalue weighted by Crippen LogP contribution is -2.44. The summed E-state index contributed by atoms with van der Waals surface area (Å²) < 4.78 is 22.7. The second kappa shape index (κ2) is 3.75. The SMILES string of the molecule is CCC1NCC(=O)N1C1CCS(=O)(=O)C1. The van der Waals surface area contributed by atoms with Crippen molar-refractivity contribution < 1.29 is 13.2 Å². The van der Waals surface area contributed by atoms with Crippen LogP contribution >= 0.6 is 0 Å². The molecule has 86 valence electrons. The van der Waals surface area contributed by atoms with Gasteiger partial charge in [0.15, 0.2) is 9.84 Å². The second-order valence-electron chi connectivity index (χ2n) is 4.16. The summed E-state index contributed by atoms with van der Waals surface area (Å²) >= 11 is 0. The van der Waals surface area contributed by atoms with Crippen molar-refractivity contribution in [2.45, 2.75) is 32.0 Å². The van der Waals surface area contributed by atoms with Gasteiger partial charge in [-0.1, -0.05) is 6.92 Å². The Labute approximate surface area is 89.7 Å². The minimum Gasteiger partial charge on any atom is -0.322 e. The molecule has 0 spiro atoms. The highest BCUT2D eigenvalue weighted by Crippen LogP contribution is 2.22. The molecule has 1 amide bonds. The number of hydrogen-bond donors (Lipinski definition) is 1. The maximum absolute atomic E-state index is 11.6. The van der Waals surface area contributed by atoms with Gasteiger partial charge in [0.1, 0.15) is 0 Å². The van der Waals surface area contributed by atoms with Crippen molar-refractivity contribution in [3.8, 4) is 0 Å². The van der Waals surface area contributed by atoms with E-state index in [1.54, 1.807) is 4.90 Å². The van der Waals surface area contributed by atoms with Gasteiger partial charge in [0.2, 0.25) is 5.91 Å². The number of rotatable bonds is 2. The number of nitrogens with one attached hydrogen (secondary N) is 1. The van der Waals surface area contributed by atoms with Crippen LogP contribution in [0.5, 0.6) is 0 Å². The van der Waals surface area contributed by atoms with Crippen LogP contribution in [0.3, 0.4) is 0 Å². The Morgan fingerprint density at radius 3 is 2.80 bits per heavy atom. The van der Waals surface area contributed by atoms with E-state index < -0.39 is 9.84 Å². The third-order valence-corrected chi connectivity index (χ3v) is 4.85. The Bertz CT molecular complexity index is 366. The molecule has 1 N–H and O–H groups in total. The molecule has 2 saturated heterocycles. The third-order valence-electron chi connectivity index (χ3n) is 3.10. The van der Waals surface area contributed by atoms with Crippen molar-refractivity contribution in [3.05, 3.63) is 0 Å². The lowest BCUT2D eigenvalue weighted by atomic mass is 10.2. The average molecular weight is 232 g/mol. The van der Waals surface area contributed by atoms with Crippen LogP contribution in [0.15, 0.2) is 0 Å². The minimum atomic E-state index is -2.91. The number of hydrogen-bond acceptors (Lipinski definition) is 4. The van der Waals surface area contributed by atoms with Crippen molar-refractivity contribution in [2.24, 2.45) is 0 Å². The highest BCUT2D eigenvalue weighted by Gasteiger charge is 2.40. The highest BCUT2D eigenvalue weighted by atomic mass is 32.2. The zero-order chi connectivity index (χ0) is 11.1. The third kappa shape index (κ3) is 2.01. The fourth-order valence-corrected chi connectivity index (χ4v) is 4.07. The van der Waals surface area contributed by atoms with Crippen LogP contribution in [-0.2, 0) is 14.6 Å². The second-order valence-corrected chi connectivity index (χ2v) is 6.39. The molecule has 2 fully saturated rings. The van der Waals surface area contributed by atoms with E-state index in [0.29, 0.717) is 13.0 Å². The van der Waals surface area contributed by atoms with E-state index in [9.17, 15) is 13.2 Å². The summed E-state index contributed by atoms with van der Waals surface area (Å²) in [4.78, 5) is 13.3. The maximum atomic E-state index is 11.6. The monoisotopic (exact) mass is 232 g/mol. The van der Waals surface area contributed by atoms with Crippen LogP contribution in [0.25, 0.3) is 0 Å². The van der Waals surface area contributed by atoms with E-state index in [1.807, 2.05) is 6.92 Å². The highest BCUT2D eigenvalue weighted by molar-refractivity contribution is 7.91. The Morgan fingerprint density at radius 1 is 1.53 bits per heavy atom. The van der Waals surface area contributed by atoms with E-state index in [4.69, 9.17) is 0 Å². The number of carbonyl (C=O) groups is 1. The van der Waals surface area contributed by atoms with E-state index in [-0.39, 0.29) is 29.6 Å². The molecule has 2 atom stereocenters. The molecular weight excluding hydrogens is 216 g/mol. The summed E-state index contributed by atoms with van der Waals surface area (Å²) in [5, 5.41) is 3.09. The Kier molecular flexibility index (Phi) is 2.72. The van der Waals surface area contributed by atoms with Crippen molar-refractivity contribution in [1.82, 2.24) is 10.2 Å². The molecule has 0 aromatic carbocycles. The molecule has 6 heteroatoms. The van der Waals surface area contributed by atoms with Gasteiger partial charge in [-0.25, -0.2) is 8.42 Å². The molecule has 0 radical (unpaired) electrons. The fourth-order valence-electron chi connectivity index (χ4n) is 2.36. The molecule has 2 aliphatic heterocycles. The van der Waals surface area contributed by atoms with Gasteiger partial charge in [-0.3, -0.25) is 10.1 Å². The van der Waals surface area contributed by atoms with Gasteiger partial charge < -0.3 is 4.90 Å². The van der Waals surface area contributed by atoms with Gasteiger partial charge >= 0.3 is 0 Å². The molecule has 2 unspecified atom stereocenters. The van der Waals surface area contributed by atoms with Gasteiger partial charge in [0, 0.05) is 6.04 Å². The standard InChI is InChI=1S/C9H16N2O3S/c1-2-8-10-5-9(12)11(8)7-3-4-15(13,14)6-7/h7-8,10H,2-6H2,1H3. The number of carbonyl (C=O) groups excluding carboxylic acids is 1. The summed E-state index contributed by atoms with van der Waals surface area (Å²) in [5.41, 5.74) is 0. The van der Waals surface area contributed by atoms with Crippen LogP contribution < -0.4 is 5.32 Å². The van der Waals surface area contributed by atoms with Crippen LogP contribution in [0.1, 0.15) is 19.8 Å². The number of sulfone groups is 1. The smallest absolute Gasteiger partial charge is 0.238 e. The maximum Gasteiger partial charge on any atom is 0.238 e. The summed E-state index contributed by atoms with van der Waals surface area (Å²) in [6, 6.07) is -0.109. The van der Waals surface area contributed by atoms with Gasteiger partial charge in [-0.05, 0) is 12.8 Å². The quantitative estimate of drug-likeness (QED) is 0.686. The van der Waals surface area contributed by atoms with Crippen molar-refractivity contribution >= 4 is 15.7 Å². The predicted molar refractivity (Wildman–Crippen MR) is 56.0 cm³/mol. The first kappa shape index (κ1) is 10.9. The molecule has 0 aliphatic carbocycles. The Morgan fingerprint density at radius 2 is 2.27 bits per heavy atom. The molecule has 2 heterocycles. The normalized spacial score (nSPS) is 35.0. The fraction of sp³-hybridized carbons (Fsp3) is 0.889. The molecule has 0 aromatic heterocycles. The van der Waals surface area contributed by atoms with Crippen molar-refractivity contribution in [3.63, 3.8) is 0 Å². The molecule has 2 rings (SSSR count). The van der Waals surface area contributed by atoms with E-state index in [2.05, 4.69) is 5.32 Å². The largest absolute Gasteiger partial charge is 0.322 e. The van der Waals surface area contributed by atoms with Crippen LogP contribution in [0, 0.1) is 0 Å². The first-order valence-electron chi connectivity index (χ1n) is 5.28. The van der Waals surface area contributed by atoms with Crippen LogP contribution in [-0.4, -0.2) is 49.5 Å². The number of amides is 1. The van der Waals surface area contributed by atoms with Gasteiger partial charge in [-0.15, -0.1) is 0 Å². The molecule has 0 aromatic rings. The first-order chi connectivity index (χ1) is 7.03. The van der Waals surface area contributed by atoms with E-state index >= 15 is 0 Å². The van der Waals surface area contributed by atoms with E-state index in [0.717, 1.165) is 6.42 Å². The summed E-state index contributed by atoms with van der Waals surface area (Å²) in [6.45, 7) is 2.34. The molecule has 0 bridgehead atoms. The zero-order valence-corrected chi connectivity index (χ0v) is 9.59. The molecule has 15 heavy (non-hydrogen) atoms. The van der Waals surface area contributed by atoms with Gasteiger partial charge in [0.05, 0.1) is 24.2 Å². The van der Waals surface area contributed by atoms with Crippen molar-refractivity contribution in [1.29, 1.82) is 0 Å². The Balaban J connectivity index is 2.13. The molecule has 0 saturated carbocycles. The zero-order valence-electron chi connectivity index (χ0n) is 8.77. The van der Waals surface area contributed by atoms with Gasteiger partial charge in [0.25, 0.3) is 0 Å². The summed E-state index contributed by atoms with van der Waals surface area (Å²) in [6.07, 6.45) is 1.44. The van der Waals surface area contributed by atoms with Crippen LogP contribution in [0.2, 0.25) is 0 Å². The first-order valence-corrected chi connectivity index (χ1v) is 7.10. The summed E-state index contributed by atoms with van der Waals surface area (Å²) in [7, 11) is -2.91. The topological polar surface area (TPSA) is 66.5 Å². The predicted octanol–water partition coefficient (Wildman–Crippen LogP) is -0.659.